The molecule has 0 spiro atoms. The van der Waals surface area contributed by atoms with Crippen LogP contribution in [0.3, 0.4) is 0 Å². The molecular formula is C39H61N9O14. The van der Waals surface area contributed by atoms with Gasteiger partial charge in [0.1, 0.15) is 60.3 Å². The summed E-state index contributed by atoms with van der Waals surface area (Å²) in [7, 11) is 0. The van der Waals surface area contributed by atoms with Crippen molar-refractivity contribution in [3.05, 3.63) is 65.7 Å². The molecule has 2 aromatic carbocycles. The Kier molecular flexibility index (Phi) is 26.6. The Morgan fingerprint density at radius 1 is 0.565 bits per heavy atom. The fourth-order valence-corrected chi connectivity index (χ4v) is 4.43. The van der Waals surface area contributed by atoms with Crippen LogP contribution in [-0.2, 0) is 65.4 Å². The third-order valence-corrected chi connectivity index (χ3v) is 8.26. The predicted octanol–water partition coefficient (Wildman–Crippen LogP) is -3.23. The van der Waals surface area contributed by atoms with Gasteiger partial charge in [0, 0.05) is 0 Å². The van der Waals surface area contributed by atoms with E-state index in [4.69, 9.17) is 76.0 Å². The summed E-state index contributed by atoms with van der Waals surface area (Å²) in [5, 5.41) is 17.3. The Morgan fingerprint density at radius 3 is 1.45 bits per heavy atom. The Bertz CT molecular complexity index is 1750. The van der Waals surface area contributed by atoms with E-state index in [1.807, 2.05) is 30.3 Å². The molecule has 9 atom stereocenters. The summed E-state index contributed by atoms with van der Waals surface area (Å²) in [5.41, 5.74) is 50.4. The molecule has 346 valence electrons. The van der Waals surface area contributed by atoms with Gasteiger partial charge >= 0.3 is 41.8 Å². The number of esters is 5. The van der Waals surface area contributed by atoms with Gasteiger partial charge in [0.25, 0.3) is 0 Å². The molecule has 0 aromatic heterocycles. The van der Waals surface area contributed by atoms with E-state index in [0.717, 1.165) is 12.0 Å². The number of carbonyl (C=O) groups is 8. The zero-order chi connectivity index (χ0) is 47.7. The van der Waals surface area contributed by atoms with Gasteiger partial charge in [-0.15, -0.1) is 0 Å². The van der Waals surface area contributed by atoms with E-state index < -0.39 is 109 Å². The summed E-state index contributed by atoms with van der Waals surface area (Å²) in [4.78, 5) is 90.2. The monoisotopic (exact) mass is 879 g/mol. The van der Waals surface area contributed by atoms with E-state index in [0.29, 0.717) is 31.4 Å². The zero-order valence-electron chi connectivity index (χ0n) is 34.8. The average molecular weight is 880 g/mol. The first kappa shape index (κ1) is 56.1. The summed E-state index contributed by atoms with van der Waals surface area (Å²) in [6.45, 7) is 4.66. The van der Waals surface area contributed by atoms with Gasteiger partial charge in [-0.2, -0.15) is 0 Å². The third-order valence-electron chi connectivity index (χ3n) is 8.26. The number of benzene rings is 2. The molecule has 0 aliphatic carbocycles. The number of amides is 1. The van der Waals surface area contributed by atoms with Crippen molar-refractivity contribution >= 4 is 47.7 Å². The lowest BCUT2D eigenvalue weighted by Crippen LogP contribution is -2.47. The molecule has 0 aliphatic heterocycles. The van der Waals surface area contributed by atoms with E-state index in [1.165, 1.54) is 32.9 Å². The molecule has 2 rings (SSSR count). The molecule has 0 saturated heterocycles. The topological polar surface area (TPSA) is 448 Å². The number of carboxylic acid groups (broad SMARTS) is 2. The Morgan fingerprint density at radius 2 is 1.02 bits per heavy atom. The van der Waals surface area contributed by atoms with Crippen LogP contribution < -0.4 is 56.3 Å². The fourth-order valence-electron chi connectivity index (χ4n) is 4.43. The van der Waals surface area contributed by atoms with Crippen LogP contribution in [0.1, 0.15) is 57.6 Å². The van der Waals surface area contributed by atoms with Crippen LogP contribution in [-0.4, -0.2) is 119 Å². The van der Waals surface area contributed by atoms with Crippen molar-refractivity contribution in [1.29, 1.82) is 0 Å². The summed E-state index contributed by atoms with van der Waals surface area (Å²) in [5.74, 6) is -7.07. The van der Waals surface area contributed by atoms with Crippen LogP contribution in [0, 0.1) is 0 Å². The number of hydrogen-bond donors (Lipinski definition) is 11. The van der Waals surface area contributed by atoms with Gasteiger partial charge in [-0.05, 0) is 76.3 Å². The van der Waals surface area contributed by atoms with Crippen LogP contribution in [0.25, 0.3) is 0 Å². The maximum atomic E-state index is 12.1. The second-order valence-corrected chi connectivity index (χ2v) is 13.9. The number of primary amides is 1. The number of carbonyl (C=O) groups excluding carboxylic acids is 6. The van der Waals surface area contributed by atoms with E-state index in [2.05, 4.69) is 4.74 Å². The normalized spacial score (nSPS) is 15.0. The minimum Gasteiger partial charge on any atom is -0.480 e. The van der Waals surface area contributed by atoms with E-state index in [9.17, 15) is 38.4 Å². The van der Waals surface area contributed by atoms with Crippen molar-refractivity contribution in [3.8, 4) is 5.75 Å². The first-order valence-corrected chi connectivity index (χ1v) is 19.2. The molecule has 0 aliphatic rings. The maximum absolute atomic E-state index is 12.1. The van der Waals surface area contributed by atoms with Crippen molar-refractivity contribution in [1.82, 2.24) is 0 Å². The largest absolute Gasteiger partial charge is 0.480 e. The predicted molar refractivity (Wildman–Crippen MR) is 222 cm³/mol. The van der Waals surface area contributed by atoms with Crippen molar-refractivity contribution in [2.24, 2.45) is 51.6 Å². The van der Waals surface area contributed by atoms with E-state index in [-0.39, 0.29) is 12.2 Å². The van der Waals surface area contributed by atoms with Crippen LogP contribution in [0.5, 0.6) is 5.75 Å². The number of ether oxygens (including phenoxy) is 4. The number of rotatable bonds is 22. The highest BCUT2D eigenvalue weighted by Gasteiger charge is 2.30. The summed E-state index contributed by atoms with van der Waals surface area (Å²) in [6.07, 6.45) is -0.0833. The molecule has 23 heteroatoms. The standard InChI is InChI=1S/C17H24N4O7.C13H26N4O5.C9H11NO2/c1-8(27-16(25)12(19)7-13(20)22)14(21)17(26)28-10-4-2-9(3-5-10)6-11(18)15(23)24;1-7(15)11(18)22-13(20)10(17)8(2)21-12(19)9(16)5-3-4-6-14;10-8(9(11)12)6-7-4-2-1-3-5-7/h2-5,8,11-12,14H,6-7,18-19,21H2,1H3,(H2,20,22)(H,23,24);7-10H,3-6,14-17H2,1-2H3;1-5,8H,6,10H2,(H,11,12)/t8-,11+,12+,14+;7-,8+,9-,10-;8-/m100/s1. The molecule has 0 heterocycles. The van der Waals surface area contributed by atoms with Crippen LogP contribution >= 0.6 is 0 Å². The lowest BCUT2D eigenvalue weighted by Gasteiger charge is -2.21. The molecule has 0 fully saturated rings. The van der Waals surface area contributed by atoms with Gasteiger partial charge in [-0.25, -0.2) is 14.4 Å². The molecule has 0 radical (unpaired) electrons. The quantitative estimate of drug-likeness (QED) is 0.0182. The Balaban J connectivity index is 0.000000969. The smallest absolute Gasteiger partial charge is 0.334 e. The van der Waals surface area contributed by atoms with Crippen LogP contribution in [0.4, 0.5) is 0 Å². The Hall–Kier alpha value is -5.92. The highest BCUT2D eigenvalue weighted by atomic mass is 16.6. The number of nitrogens with two attached hydrogens (primary N) is 9. The summed E-state index contributed by atoms with van der Waals surface area (Å²) in [6, 6.07) is 7.89. The van der Waals surface area contributed by atoms with Gasteiger partial charge in [0.05, 0.1) is 6.42 Å². The number of hydrogen-bond acceptors (Lipinski definition) is 20. The first-order valence-electron chi connectivity index (χ1n) is 19.2. The highest BCUT2D eigenvalue weighted by molar-refractivity contribution is 5.91. The van der Waals surface area contributed by atoms with Crippen molar-refractivity contribution < 1.29 is 67.5 Å². The molecule has 0 unspecified atom stereocenters. The average Bonchev–Trinajstić information content (AvgIpc) is 3.21. The van der Waals surface area contributed by atoms with Crippen molar-refractivity contribution in [3.63, 3.8) is 0 Å². The van der Waals surface area contributed by atoms with Crippen LogP contribution in [0.15, 0.2) is 54.6 Å². The lowest BCUT2D eigenvalue weighted by atomic mass is 10.1. The second kappa shape index (κ2) is 29.4. The third kappa shape index (κ3) is 23.2. The zero-order valence-corrected chi connectivity index (χ0v) is 34.8. The van der Waals surface area contributed by atoms with Gasteiger partial charge in [-0.1, -0.05) is 48.9 Å². The van der Waals surface area contributed by atoms with E-state index >= 15 is 0 Å². The molecule has 0 bridgehead atoms. The van der Waals surface area contributed by atoms with Crippen LogP contribution in [0.2, 0.25) is 0 Å². The summed E-state index contributed by atoms with van der Waals surface area (Å²) < 4.78 is 19.5. The minimum absolute atomic E-state index is 0.113. The van der Waals surface area contributed by atoms with E-state index in [1.54, 1.807) is 12.1 Å². The van der Waals surface area contributed by atoms with Gasteiger partial charge in [0.15, 0.2) is 0 Å². The summed E-state index contributed by atoms with van der Waals surface area (Å²) >= 11 is 0. The van der Waals surface area contributed by atoms with Crippen molar-refractivity contribution in [2.45, 2.75) is 114 Å². The molecule has 0 saturated carbocycles. The number of carboxylic acids is 2. The second-order valence-electron chi connectivity index (χ2n) is 13.9. The molecular weight excluding hydrogens is 818 g/mol. The molecule has 62 heavy (non-hydrogen) atoms. The SMILES string of the molecule is C[C@@H](OC(=O)[C@@H](N)CC(N)=O)[C@H](N)C(=O)Oc1ccc(C[C@H](N)C(=O)O)cc1.C[C@H](N)C(=O)OC(=O)[C@@H](N)[C@@H](C)OC(=O)[C@@H](N)CCCCN.N[C@@H](Cc1ccccc1)C(=O)O. The molecule has 20 N–H and O–H groups in total. The maximum Gasteiger partial charge on any atom is 0.334 e. The minimum atomic E-state index is -1.30. The van der Waals surface area contributed by atoms with Gasteiger partial charge < -0.3 is 80.8 Å². The fraction of sp³-hybridized carbons (Fsp3) is 0.487. The number of unbranched alkanes of at least 4 members (excludes halogenated alkanes) is 1. The first-order chi connectivity index (χ1) is 28.9. The van der Waals surface area contributed by atoms with Gasteiger partial charge in [0.2, 0.25) is 5.91 Å². The Labute approximate surface area is 358 Å². The van der Waals surface area contributed by atoms with Crippen molar-refractivity contribution in [2.75, 3.05) is 6.54 Å². The van der Waals surface area contributed by atoms with Gasteiger partial charge in [-0.3, -0.25) is 24.0 Å². The molecule has 23 nitrogen and oxygen atoms in total. The number of aliphatic carboxylic acids is 2. The highest BCUT2D eigenvalue weighted by Crippen LogP contribution is 2.15. The molecule has 1 amide bonds. The molecule has 2 aromatic rings. The lowest BCUT2D eigenvalue weighted by molar-refractivity contribution is -0.165.